The molecule has 1 rings (SSSR count). The summed E-state index contributed by atoms with van der Waals surface area (Å²) in [6.45, 7) is 3.06. The Bertz CT molecular complexity index is 304. The van der Waals surface area contributed by atoms with E-state index in [1.165, 1.54) is 6.92 Å². The standard InChI is InChI=1S/C9H13F5N2O/c1-5-4-16(6(2)3-15-5)7(17)8(10,11)9(12,13)14/h5-6,15H,3-4H2,1-2H3. The molecule has 3 nitrogen and oxygen atoms in total. The molecule has 0 bridgehead atoms. The lowest BCUT2D eigenvalue weighted by Gasteiger charge is -2.39. The van der Waals surface area contributed by atoms with Gasteiger partial charge in [0.25, 0.3) is 0 Å². The predicted octanol–water partition coefficient (Wildman–Crippen LogP) is 1.39. The van der Waals surface area contributed by atoms with Gasteiger partial charge in [-0.3, -0.25) is 4.79 Å². The summed E-state index contributed by atoms with van der Waals surface area (Å²) in [5.74, 6) is -7.50. The van der Waals surface area contributed by atoms with Crippen LogP contribution < -0.4 is 5.32 Å². The van der Waals surface area contributed by atoms with E-state index in [-0.39, 0.29) is 19.1 Å². The molecule has 0 aromatic carbocycles. The smallest absolute Gasteiger partial charge is 0.332 e. The lowest BCUT2D eigenvalue weighted by atomic mass is 10.1. The lowest BCUT2D eigenvalue weighted by Crippen LogP contribution is -2.62. The summed E-state index contributed by atoms with van der Waals surface area (Å²) in [6.07, 6.45) is -5.85. The molecule has 2 unspecified atom stereocenters. The summed E-state index contributed by atoms with van der Waals surface area (Å²) in [4.78, 5) is 11.8. The number of carbonyl (C=O) groups is 1. The first kappa shape index (κ1) is 14.1. The zero-order valence-corrected chi connectivity index (χ0v) is 9.31. The van der Waals surface area contributed by atoms with Gasteiger partial charge in [-0.25, -0.2) is 0 Å². The fraction of sp³-hybridized carbons (Fsp3) is 0.889. The molecule has 1 heterocycles. The number of alkyl halides is 5. The second-order valence-corrected chi connectivity index (χ2v) is 4.19. The first-order valence-corrected chi connectivity index (χ1v) is 5.06. The number of amides is 1. The molecule has 17 heavy (non-hydrogen) atoms. The number of halogens is 5. The van der Waals surface area contributed by atoms with Crippen molar-refractivity contribution < 1.29 is 26.7 Å². The van der Waals surface area contributed by atoms with Gasteiger partial charge in [0.05, 0.1) is 0 Å². The highest BCUT2D eigenvalue weighted by Crippen LogP contribution is 2.37. The quantitative estimate of drug-likeness (QED) is 0.723. The fourth-order valence-corrected chi connectivity index (χ4v) is 1.61. The zero-order valence-electron chi connectivity index (χ0n) is 9.31. The molecule has 100 valence electrons. The fourth-order valence-electron chi connectivity index (χ4n) is 1.61. The Morgan fingerprint density at radius 2 is 1.76 bits per heavy atom. The third-order valence-electron chi connectivity index (χ3n) is 2.65. The minimum absolute atomic E-state index is 0.161. The van der Waals surface area contributed by atoms with Crippen molar-refractivity contribution in [1.29, 1.82) is 0 Å². The van der Waals surface area contributed by atoms with E-state index in [2.05, 4.69) is 5.32 Å². The van der Waals surface area contributed by atoms with Crippen LogP contribution in [0.2, 0.25) is 0 Å². The Labute approximate surface area is 95.0 Å². The van der Waals surface area contributed by atoms with Gasteiger partial charge in [-0.1, -0.05) is 0 Å². The van der Waals surface area contributed by atoms with Crippen molar-refractivity contribution in [2.24, 2.45) is 0 Å². The Balaban J connectivity index is 2.88. The Morgan fingerprint density at radius 1 is 1.24 bits per heavy atom. The first-order chi connectivity index (χ1) is 7.57. The van der Waals surface area contributed by atoms with Gasteiger partial charge in [-0.15, -0.1) is 0 Å². The second-order valence-electron chi connectivity index (χ2n) is 4.19. The molecule has 2 atom stereocenters. The summed E-state index contributed by atoms with van der Waals surface area (Å²) >= 11 is 0. The molecule has 0 radical (unpaired) electrons. The summed E-state index contributed by atoms with van der Waals surface area (Å²) in [5, 5.41) is 2.89. The highest BCUT2D eigenvalue weighted by molar-refractivity contribution is 5.84. The van der Waals surface area contributed by atoms with Crippen LogP contribution in [0.3, 0.4) is 0 Å². The van der Waals surface area contributed by atoms with Crippen LogP contribution in [0, 0.1) is 0 Å². The van der Waals surface area contributed by atoms with Gasteiger partial charge in [0.15, 0.2) is 0 Å². The Morgan fingerprint density at radius 3 is 2.24 bits per heavy atom. The molecule has 1 aliphatic heterocycles. The Hall–Kier alpha value is -0.920. The van der Waals surface area contributed by atoms with Crippen molar-refractivity contribution in [3.63, 3.8) is 0 Å². The lowest BCUT2D eigenvalue weighted by molar-refractivity contribution is -0.275. The van der Waals surface area contributed by atoms with Crippen LogP contribution in [-0.4, -0.2) is 48.1 Å². The average Bonchev–Trinajstić information content (AvgIpc) is 2.19. The van der Waals surface area contributed by atoms with E-state index in [0.717, 1.165) is 0 Å². The van der Waals surface area contributed by atoms with Crippen molar-refractivity contribution in [2.75, 3.05) is 13.1 Å². The average molecular weight is 260 g/mol. The van der Waals surface area contributed by atoms with Crippen molar-refractivity contribution in [3.8, 4) is 0 Å². The van der Waals surface area contributed by atoms with Crippen LogP contribution in [0.4, 0.5) is 22.0 Å². The Kier molecular flexibility index (Phi) is 3.66. The van der Waals surface area contributed by atoms with Crippen LogP contribution in [0.5, 0.6) is 0 Å². The van der Waals surface area contributed by atoms with Gasteiger partial charge in [0.2, 0.25) is 0 Å². The minimum atomic E-state index is -5.85. The maximum atomic E-state index is 12.9. The number of nitrogens with zero attached hydrogens (tertiary/aromatic N) is 1. The predicted molar refractivity (Wildman–Crippen MR) is 49.6 cm³/mol. The van der Waals surface area contributed by atoms with Crippen LogP contribution >= 0.6 is 0 Å². The van der Waals surface area contributed by atoms with Crippen molar-refractivity contribution in [2.45, 2.75) is 38.0 Å². The number of nitrogens with one attached hydrogen (secondary N) is 1. The largest absolute Gasteiger partial charge is 0.463 e. The molecule has 1 aliphatic rings. The van der Waals surface area contributed by atoms with E-state index in [9.17, 15) is 26.7 Å². The molecule has 1 saturated heterocycles. The molecular formula is C9H13F5N2O. The van der Waals surface area contributed by atoms with Gasteiger partial charge in [0, 0.05) is 25.2 Å². The van der Waals surface area contributed by atoms with E-state index >= 15 is 0 Å². The third kappa shape index (κ3) is 2.67. The van der Waals surface area contributed by atoms with Gasteiger partial charge in [-0.2, -0.15) is 22.0 Å². The van der Waals surface area contributed by atoms with Crippen LogP contribution in [0.25, 0.3) is 0 Å². The van der Waals surface area contributed by atoms with Crippen molar-refractivity contribution in [3.05, 3.63) is 0 Å². The van der Waals surface area contributed by atoms with Gasteiger partial charge in [0.1, 0.15) is 0 Å². The van der Waals surface area contributed by atoms with E-state index in [4.69, 9.17) is 0 Å². The molecule has 0 aromatic heterocycles. The van der Waals surface area contributed by atoms with E-state index in [1.54, 1.807) is 6.92 Å². The van der Waals surface area contributed by atoms with Crippen LogP contribution in [0.15, 0.2) is 0 Å². The van der Waals surface area contributed by atoms with Gasteiger partial charge in [-0.05, 0) is 13.8 Å². The van der Waals surface area contributed by atoms with E-state index in [0.29, 0.717) is 4.90 Å². The van der Waals surface area contributed by atoms with E-state index in [1.807, 2.05) is 0 Å². The summed E-state index contributed by atoms with van der Waals surface area (Å²) in [5.41, 5.74) is 0. The maximum Gasteiger partial charge on any atom is 0.463 e. The maximum absolute atomic E-state index is 12.9. The number of piperazine rings is 1. The number of rotatable bonds is 1. The molecule has 1 fully saturated rings. The van der Waals surface area contributed by atoms with E-state index < -0.39 is 24.0 Å². The van der Waals surface area contributed by atoms with Gasteiger partial charge >= 0.3 is 18.0 Å². The topological polar surface area (TPSA) is 32.3 Å². The van der Waals surface area contributed by atoms with Crippen molar-refractivity contribution in [1.82, 2.24) is 10.2 Å². The molecular weight excluding hydrogens is 247 g/mol. The van der Waals surface area contributed by atoms with Crippen LogP contribution in [-0.2, 0) is 4.79 Å². The zero-order chi connectivity index (χ0) is 13.4. The van der Waals surface area contributed by atoms with Gasteiger partial charge < -0.3 is 10.2 Å². The SMILES string of the molecule is CC1CN(C(=O)C(F)(F)C(F)(F)F)C(C)CN1. The molecule has 0 saturated carbocycles. The minimum Gasteiger partial charge on any atom is -0.332 e. The normalized spacial score (nSPS) is 27.1. The highest BCUT2D eigenvalue weighted by Gasteiger charge is 2.65. The number of carbonyl (C=O) groups excluding carboxylic acids is 1. The molecule has 1 N–H and O–H groups in total. The summed E-state index contributed by atoms with van der Waals surface area (Å²) in [7, 11) is 0. The monoisotopic (exact) mass is 260 g/mol. The molecule has 0 aliphatic carbocycles. The first-order valence-electron chi connectivity index (χ1n) is 5.06. The molecule has 0 aromatic rings. The summed E-state index contributed by atoms with van der Waals surface area (Å²) < 4.78 is 61.9. The molecule has 1 amide bonds. The highest BCUT2D eigenvalue weighted by atomic mass is 19.4. The molecule has 0 spiro atoms. The van der Waals surface area contributed by atoms with Crippen molar-refractivity contribution >= 4 is 5.91 Å². The third-order valence-corrected chi connectivity index (χ3v) is 2.65. The second kappa shape index (κ2) is 4.40. The molecule has 8 heteroatoms. The number of hydrogen-bond donors (Lipinski definition) is 1. The summed E-state index contributed by atoms with van der Waals surface area (Å²) in [6, 6.07) is -0.994. The van der Waals surface area contributed by atoms with Crippen LogP contribution in [0.1, 0.15) is 13.8 Å². The number of hydrogen-bond acceptors (Lipinski definition) is 2.